The van der Waals surface area contributed by atoms with E-state index in [9.17, 15) is 9.90 Å². The highest BCUT2D eigenvalue weighted by molar-refractivity contribution is 5.80. The van der Waals surface area contributed by atoms with Crippen LogP contribution in [0.2, 0.25) is 0 Å². The number of rotatable bonds is 5. The van der Waals surface area contributed by atoms with Gasteiger partial charge in [0, 0.05) is 17.2 Å². The van der Waals surface area contributed by atoms with Crippen molar-refractivity contribution in [2.45, 2.75) is 19.4 Å². The van der Waals surface area contributed by atoms with Gasteiger partial charge < -0.3 is 14.3 Å². The van der Waals surface area contributed by atoms with Crippen LogP contribution < -0.4 is 10.2 Å². The number of fused-ring (bicyclic) bond motifs is 1. The maximum atomic E-state index is 12.6. The molecule has 0 bridgehead atoms. The predicted molar refractivity (Wildman–Crippen MR) is 122 cm³/mol. The SMILES string of the molecule is CC(O)Cc1ccc(C#CCOc2ccc3oc(-c4ccccc4)cc(=O)c3c2)cc1. The van der Waals surface area contributed by atoms with E-state index >= 15 is 0 Å². The Morgan fingerprint density at radius 3 is 2.52 bits per heavy atom. The van der Waals surface area contributed by atoms with E-state index in [0.717, 1.165) is 16.7 Å². The van der Waals surface area contributed by atoms with Crippen LogP contribution in [-0.4, -0.2) is 17.8 Å². The van der Waals surface area contributed by atoms with Crippen molar-refractivity contribution in [3.05, 3.63) is 100 Å². The van der Waals surface area contributed by atoms with Gasteiger partial charge in [-0.05, 0) is 49.2 Å². The summed E-state index contributed by atoms with van der Waals surface area (Å²) in [5.41, 5.74) is 3.21. The molecule has 4 rings (SSSR count). The second kappa shape index (κ2) is 9.34. The fourth-order valence-electron chi connectivity index (χ4n) is 3.29. The quantitative estimate of drug-likeness (QED) is 0.480. The van der Waals surface area contributed by atoms with Gasteiger partial charge in [-0.3, -0.25) is 4.79 Å². The number of aliphatic hydroxyl groups is 1. The van der Waals surface area contributed by atoms with Crippen LogP contribution in [0.1, 0.15) is 18.1 Å². The Bertz CT molecular complexity index is 1290. The van der Waals surface area contributed by atoms with Crippen LogP contribution >= 0.6 is 0 Å². The first-order valence-corrected chi connectivity index (χ1v) is 10.1. The number of aliphatic hydroxyl groups excluding tert-OH is 1. The Morgan fingerprint density at radius 1 is 1.00 bits per heavy atom. The van der Waals surface area contributed by atoms with Crippen LogP contribution in [0.3, 0.4) is 0 Å². The second-order valence-corrected chi connectivity index (χ2v) is 7.34. The molecule has 0 aliphatic rings. The Morgan fingerprint density at radius 2 is 1.77 bits per heavy atom. The molecule has 0 saturated heterocycles. The maximum Gasteiger partial charge on any atom is 0.193 e. The minimum atomic E-state index is -0.361. The highest BCUT2D eigenvalue weighted by Crippen LogP contribution is 2.24. The van der Waals surface area contributed by atoms with Gasteiger partial charge >= 0.3 is 0 Å². The van der Waals surface area contributed by atoms with Gasteiger partial charge in [0.25, 0.3) is 0 Å². The van der Waals surface area contributed by atoms with E-state index in [0.29, 0.717) is 28.9 Å². The van der Waals surface area contributed by atoms with Crippen molar-refractivity contribution >= 4 is 11.0 Å². The Balaban J connectivity index is 1.45. The molecular formula is C27H22O4. The van der Waals surface area contributed by atoms with Gasteiger partial charge in [0.15, 0.2) is 5.43 Å². The minimum absolute atomic E-state index is 0.117. The molecule has 0 amide bonds. The van der Waals surface area contributed by atoms with E-state index in [1.165, 1.54) is 6.07 Å². The van der Waals surface area contributed by atoms with Gasteiger partial charge in [0.05, 0.1) is 11.5 Å². The zero-order chi connectivity index (χ0) is 21.6. The van der Waals surface area contributed by atoms with Crippen LogP contribution in [0, 0.1) is 11.8 Å². The number of hydrogen-bond acceptors (Lipinski definition) is 4. The minimum Gasteiger partial charge on any atom is -0.481 e. The average molecular weight is 410 g/mol. The van der Waals surface area contributed by atoms with E-state index in [2.05, 4.69) is 11.8 Å². The van der Waals surface area contributed by atoms with Gasteiger partial charge in [-0.2, -0.15) is 0 Å². The molecule has 4 nitrogen and oxygen atoms in total. The summed E-state index contributed by atoms with van der Waals surface area (Å²) in [5, 5.41) is 9.91. The van der Waals surface area contributed by atoms with Crippen molar-refractivity contribution in [3.8, 4) is 28.9 Å². The van der Waals surface area contributed by atoms with Crippen molar-refractivity contribution in [3.63, 3.8) is 0 Å². The summed E-state index contributed by atoms with van der Waals surface area (Å²) in [7, 11) is 0. The second-order valence-electron chi connectivity index (χ2n) is 7.34. The van der Waals surface area contributed by atoms with Crippen LogP contribution in [0.4, 0.5) is 0 Å². The van der Waals surface area contributed by atoms with E-state index in [-0.39, 0.29) is 18.1 Å². The summed E-state index contributed by atoms with van der Waals surface area (Å²) in [6.07, 6.45) is 0.263. The molecule has 1 N–H and O–H groups in total. The lowest BCUT2D eigenvalue weighted by atomic mass is 10.1. The topological polar surface area (TPSA) is 59.7 Å². The molecule has 31 heavy (non-hydrogen) atoms. The van der Waals surface area contributed by atoms with Crippen LogP contribution in [0.25, 0.3) is 22.3 Å². The molecule has 0 saturated carbocycles. The molecule has 1 unspecified atom stereocenters. The molecule has 1 aromatic heterocycles. The first-order valence-electron chi connectivity index (χ1n) is 10.1. The van der Waals surface area contributed by atoms with Gasteiger partial charge in [0.2, 0.25) is 0 Å². The molecule has 4 aromatic rings. The lowest BCUT2D eigenvalue weighted by molar-refractivity contribution is 0.195. The van der Waals surface area contributed by atoms with Gasteiger partial charge in [0.1, 0.15) is 23.7 Å². The largest absolute Gasteiger partial charge is 0.481 e. The summed E-state index contributed by atoms with van der Waals surface area (Å²) < 4.78 is 11.6. The molecule has 0 aliphatic carbocycles. The summed E-state index contributed by atoms with van der Waals surface area (Å²) in [6.45, 7) is 1.97. The highest BCUT2D eigenvalue weighted by Gasteiger charge is 2.08. The van der Waals surface area contributed by atoms with Crippen molar-refractivity contribution < 1.29 is 14.3 Å². The van der Waals surface area contributed by atoms with Crippen molar-refractivity contribution in [1.29, 1.82) is 0 Å². The van der Waals surface area contributed by atoms with Gasteiger partial charge in [-0.15, -0.1) is 0 Å². The molecule has 0 radical (unpaired) electrons. The van der Waals surface area contributed by atoms with E-state index in [4.69, 9.17) is 9.15 Å². The lowest BCUT2D eigenvalue weighted by Gasteiger charge is -2.06. The van der Waals surface area contributed by atoms with Crippen molar-refractivity contribution in [2.75, 3.05) is 6.61 Å². The molecule has 0 spiro atoms. The van der Waals surface area contributed by atoms with Gasteiger partial charge in [-0.25, -0.2) is 0 Å². The van der Waals surface area contributed by atoms with E-state index in [1.54, 1.807) is 25.1 Å². The predicted octanol–water partition coefficient (Wildman–Crippen LogP) is 4.81. The van der Waals surface area contributed by atoms with E-state index < -0.39 is 0 Å². The Hall–Kier alpha value is -3.81. The van der Waals surface area contributed by atoms with E-state index in [1.807, 2.05) is 54.6 Å². The smallest absolute Gasteiger partial charge is 0.193 e. The standard InChI is InChI=1S/C27H22O4/c1-19(28)16-21-11-9-20(10-12-21)6-5-15-30-23-13-14-26-24(17-23)25(29)18-27(31-26)22-7-3-2-4-8-22/h2-4,7-14,17-19,28H,15-16H2,1H3. The third-order valence-corrected chi connectivity index (χ3v) is 4.79. The number of ether oxygens (including phenoxy) is 1. The Kier molecular flexibility index (Phi) is 6.16. The molecule has 0 aliphatic heterocycles. The molecule has 1 atom stereocenters. The van der Waals surface area contributed by atoms with Crippen molar-refractivity contribution in [1.82, 2.24) is 0 Å². The molecule has 3 aromatic carbocycles. The monoisotopic (exact) mass is 410 g/mol. The third-order valence-electron chi connectivity index (χ3n) is 4.79. The van der Waals surface area contributed by atoms with Gasteiger partial charge in [-0.1, -0.05) is 54.3 Å². The molecular weight excluding hydrogens is 388 g/mol. The van der Waals surface area contributed by atoms with Crippen LogP contribution in [0.5, 0.6) is 5.75 Å². The third kappa shape index (κ3) is 5.22. The number of benzene rings is 3. The Labute approximate surface area is 180 Å². The first-order chi connectivity index (χ1) is 15.1. The zero-order valence-electron chi connectivity index (χ0n) is 17.2. The molecule has 1 heterocycles. The number of hydrogen-bond donors (Lipinski definition) is 1. The zero-order valence-corrected chi connectivity index (χ0v) is 17.2. The van der Waals surface area contributed by atoms with Crippen LogP contribution in [-0.2, 0) is 6.42 Å². The molecule has 0 fully saturated rings. The van der Waals surface area contributed by atoms with Crippen molar-refractivity contribution in [2.24, 2.45) is 0 Å². The highest BCUT2D eigenvalue weighted by atomic mass is 16.5. The first kappa shape index (κ1) is 20.5. The fourth-order valence-corrected chi connectivity index (χ4v) is 3.29. The summed E-state index contributed by atoms with van der Waals surface area (Å²) in [5.74, 6) is 7.14. The summed E-state index contributed by atoms with van der Waals surface area (Å²) in [6, 6.07) is 24.0. The normalized spacial score (nSPS) is 11.5. The van der Waals surface area contributed by atoms with Crippen LogP contribution in [0.15, 0.2) is 88.1 Å². The fraction of sp³-hybridized carbons (Fsp3) is 0.148. The molecule has 154 valence electrons. The summed E-state index contributed by atoms with van der Waals surface area (Å²) in [4.78, 5) is 12.6. The maximum absolute atomic E-state index is 12.6. The summed E-state index contributed by atoms with van der Waals surface area (Å²) >= 11 is 0. The lowest BCUT2D eigenvalue weighted by Crippen LogP contribution is -2.03. The average Bonchev–Trinajstić information content (AvgIpc) is 2.78. The molecule has 4 heteroatoms.